The van der Waals surface area contributed by atoms with Crippen LogP contribution in [0.3, 0.4) is 0 Å². The zero-order valence-corrected chi connectivity index (χ0v) is 18.2. The van der Waals surface area contributed by atoms with Gasteiger partial charge in [0.25, 0.3) is 5.69 Å². The number of hydrogen-bond donors (Lipinski definition) is 0. The standard InChI is InChI=1S/C20H24N4O6S/c1-3-30-20(25)16-6-8-19(21-14-16)22-9-4-10-23(12-11-22)31(28,29)17-7-5-15(2)18(13-17)24(26)27/h5-8,13-14H,3-4,9-12H2,1-2H3. The third-order valence-electron chi connectivity index (χ3n) is 5.05. The summed E-state index contributed by atoms with van der Waals surface area (Å²) in [5.74, 6) is 0.195. The molecule has 1 aliphatic rings. The maximum absolute atomic E-state index is 13.1. The summed E-state index contributed by atoms with van der Waals surface area (Å²) < 4.78 is 32.4. The lowest BCUT2D eigenvalue weighted by Crippen LogP contribution is -2.35. The van der Waals surface area contributed by atoms with Gasteiger partial charge in [0, 0.05) is 44.0 Å². The second-order valence-corrected chi connectivity index (χ2v) is 9.01. The van der Waals surface area contributed by atoms with Gasteiger partial charge >= 0.3 is 5.97 Å². The van der Waals surface area contributed by atoms with E-state index in [2.05, 4.69) is 4.98 Å². The van der Waals surface area contributed by atoms with Crippen LogP contribution in [0.5, 0.6) is 0 Å². The maximum atomic E-state index is 13.1. The molecule has 166 valence electrons. The van der Waals surface area contributed by atoms with Gasteiger partial charge in [0.1, 0.15) is 5.82 Å². The molecular weight excluding hydrogens is 424 g/mol. The van der Waals surface area contributed by atoms with Gasteiger partial charge in [0.2, 0.25) is 10.0 Å². The van der Waals surface area contributed by atoms with Gasteiger partial charge in [-0.05, 0) is 38.5 Å². The van der Waals surface area contributed by atoms with Gasteiger partial charge in [-0.15, -0.1) is 0 Å². The number of aryl methyl sites for hydroxylation is 1. The number of esters is 1. The Morgan fingerprint density at radius 3 is 2.61 bits per heavy atom. The molecule has 0 spiro atoms. The monoisotopic (exact) mass is 448 g/mol. The Balaban J connectivity index is 1.74. The fraction of sp³-hybridized carbons (Fsp3) is 0.400. The number of carbonyl (C=O) groups excluding carboxylic acids is 1. The third kappa shape index (κ3) is 5.00. The minimum absolute atomic E-state index is 0.0878. The molecule has 2 aromatic rings. The van der Waals surface area contributed by atoms with Crippen LogP contribution < -0.4 is 4.90 Å². The number of nitro groups is 1. The first kappa shape index (κ1) is 22.6. The van der Waals surface area contributed by atoms with E-state index in [4.69, 9.17) is 4.74 Å². The summed E-state index contributed by atoms with van der Waals surface area (Å²) >= 11 is 0. The van der Waals surface area contributed by atoms with Gasteiger partial charge < -0.3 is 9.64 Å². The average Bonchev–Trinajstić information content (AvgIpc) is 3.01. The molecule has 2 heterocycles. The molecule has 0 unspecified atom stereocenters. The van der Waals surface area contributed by atoms with Crippen LogP contribution in [-0.4, -0.2) is 61.4 Å². The van der Waals surface area contributed by atoms with E-state index in [1.807, 2.05) is 4.90 Å². The topological polar surface area (TPSA) is 123 Å². The van der Waals surface area contributed by atoms with Crippen molar-refractivity contribution in [2.24, 2.45) is 0 Å². The van der Waals surface area contributed by atoms with Crippen LogP contribution in [0.4, 0.5) is 11.5 Å². The van der Waals surface area contributed by atoms with E-state index >= 15 is 0 Å². The Morgan fingerprint density at radius 1 is 1.19 bits per heavy atom. The van der Waals surface area contributed by atoms with Crippen LogP contribution in [0.1, 0.15) is 29.3 Å². The van der Waals surface area contributed by atoms with Crippen molar-refractivity contribution in [3.8, 4) is 0 Å². The van der Waals surface area contributed by atoms with E-state index in [0.717, 1.165) is 6.07 Å². The minimum Gasteiger partial charge on any atom is -0.462 e. The van der Waals surface area contributed by atoms with Crippen LogP contribution in [0.15, 0.2) is 41.4 Å². The molecule has 10 nitrogen and oxygen atoms in total. The molecule has 0 bridgehead atoms. The second kappa shape index (κ2) is 9.40. The number of rotatable bonds is 6. The van der Waals surface area contributed by atoms with E-state index in [9.17, 15) is 23.3 Å². The minimum atomic E-state index is -3.87. The number of anilines is 1. The molecule has 11 heteroatoms. The molecule has 0 aliphatic carbocycles. The predicted molar refractivity (Wildman–Crippen MR) is 114 cm³/mol. The Labute approximate surface area is 180 Å². The molecule has 1 aliphatic heterocycles. The predicted octanol–water partition coefficient (Wildman–Crippen LogP) is 2.38. The molecule has 0 saturated carbocycles. The number of sulfonamides is 1. The number of hydrogen-bond acceptors (Lipinski definition) is 8. The molecule has 31 heavy (non-hydrogen) atoms. The molecule has 1 saturated heterocycles. The van der Waals surface area contributed by atoms with E-state index in [0.29, 0.717) is 43.0 Å². The second-order valence-electron chi connectivity index (χ2n) is 7.08. The van der Waals surface area contributed by atoms with Gasteiger partial charge in [-0.3, -0.25) is 10.1 Å². The summed E-state index contributed by atoms with van der Waals surface area (Å²) in [4.78, 5) is 28.6. The Bertz CT molecular complexity index is 1070. The average molecular weight is 449 g/mol. The smallest absolute Gasteiger partial charge is 0.339 e. The van der Waals surface area contributed by atoms with Gasteiger partial charge in [-0.1, -0.05) is 6.07 Å². The van der Waals surface area contributed by atoms with Crippen molar-refractivity contribution in [3.05, 3.63) is 57.8 Å². The van der Waals surface area contributed by atoms with Gasteiger partial charge in [0.15, 0.2) is 0 Å². The van der Waals surface area contributed by atoms with Crippen LogP contribution in [-0.2, 0) is 14.8 Å². The molecular formula is C20H24N4O6S. The maximum Gasteiger partial charge on any atom is 0.339 e. The summed E-state index contributed by atoms with van der Waals surface area (Å²) in [6, 6.07) is 7.30. The highest BCUT2D eigenvalue weighted by molar-refractivity contribution is 7.89. The number of benzene rings is 1. The molecule has 1 aromatic heterocycles. The molecule has 1 fully saturated rings. The number of carbonyl (C=O) groups is 1. The van der Waals surface area contributed by atoms with Crippen molar-refractivity contribution in [2.75, 3.05) is 37.7 Å². The number of aromatic nitrogens is 1. The van der Waals surface area contributed by atoms with E-state index in [-0.39, 0.29) is 23.7 Å². The zero-order chi connectivity index (χ0) is 22.6. The first-order chi connectivity index (χ1) is 14.7. The van der Waals surface area contributed by atoms with Crippen LogP contribution >= 0.6 is 0 Å². The van der Waals surface area contributed by atoms with E-state index < -0.39 is 20.9 Å². The highest BCUT2D eigenvalue weighted by atomic mass is 32.2. The largest absolute Gasteiger partial charge is 0.462 e. The molecule has 0 amide bonds. The summed E-state index contributed by atoms with van der Waals surface area (Å²) in [6.45, 7) is 5.07. The van der Waals surface area contributed by atoms with Gasteiger partial charge in [-0.2, -0.15) is 4.31 Å². The molecule has 0 atom stereocenters. The van der Waals surface area contributed by atoms with Crippen LogP contribution in [0.2, 0.25) is 0 Å². The summed E-state index contributed by atoms with van der Waals surface area (Å²) in [7, 11) is -3.87. The van der Waals surface area contributed by atoms with E-state index in [1.54, 1.807) is 26.0 Å². The van der Waals surface area contributed by atoms with Crippen molar-refractivity contribution in [1.29, 1.82) is 0 Å². The van der Waals surface area contributed by atoms with Crippen molar-refractivity contribution in [1.82, 2.24) is 9.29 Å². The van der Waals surface area contributed by atoms with E-state index in [1.165, 1.54) is 22.6 Å². The normalized spacial score (nSPS) is 15.4. The summed E-state index contributed by atoms with van der Waals surface area (Å²) in [6.07, 6.45) is 2.01. The molecule has 0 radical (unpaired) electrons. The quantitative estimate of drug-likeness (QED) is 0.375. The highest BCUT2D eigenvalue weighted by Crippen LogP contribution is 2.25. The molecule has 0 N–H and O–H groups in total. The Morgan fingerprint density at radius 2 is 1.97 bits per heavy atom. The SMILES string of the molecule is CCOC(=O)c1ccc(N2CCCN(S(=O)(=O)c3ccc(C)c([N+](=O)[O-])c3)CC2)nc1. The molecule has 1 aromatic carbocycles. The highest BCUT2D eigenvalue weighted by Gasteiger charge is 2.29. The van der Waals surface area contributed by atoms with Gasteiger partial charge in [0.05, 0.1) is 22.0 Å². The van der Waals surface area contributed by atoms with Crippen molar-refractivity contribution >= 4 is 27.5 Å². The third-order valence-corrected chi connectivity index (χ3v) is 6.95. The van der Waals surface area contributed by atoms with Crippen molar-refractivity contribution in [2.45, 2.75) is 25.2 Å². The number of pyridine rings is 1. The lowest BCUT2D eigenvalue weighted by atomic mass is 10.2. The first-order valence-corrected chi connectivity index (χ1v) is 11.3. The van der Waals surface area contributed by atoms with Crippen molar-refractivity contribution in [3.63, 3.8) is 0 Å². The first-order valence-electron chi connectivity index (χ1n) is 9.87. The Kier molecular flexibility index (Phi) is 6.86. The summed E-state index contributed by atoms with van der Waals surface area (Å²) in [5.41, 5.74) is 0.539. The lowest BCUT2D eigenvalue weighted by Gasteiger charge is -2.22. The number of nitrogens with zero attached hydrogens (tertiary/aromatic N) is 4. The summed E-state index contributed by atoms with van der Waals surface area (Å²) in [5, 5.41) is 11.2. The molecule has 3 rings (SSSR count). The fourth-order valence-electron chi connectivity index (χ4n) is 3.37. The Hall–Kier alpha value is -3.05. The number of ether oxygens (including phenoxy) is 1. The fourth-order valence-corrected chi connectivity index (χ4v) is 4.86. The lowest BCUT2D eigenvalue weighted by molar-refractivity contribution is -0.385. The zero-order valence-electron chi connectivity index (χ0n) is 17.4. The van der Waals surface area contributed by atoms with Crippen LogP contribution in [0, 0.1) is 17.0 Å². The van der Waals surface area contributed by atoms with Crippen LogP contribution in [0.25, 0.3) is 0 Å². The number of nitro benzene ring substituents is 1. The van der Waals surface area contributed by atoms with Crippen molar-refractivity contribution < 1.29 is 22.9 Å². The van der Waals surface area contributed by atoms with Gasteiger partial charge in [-0.25, -0.2) is 18.2 Å².